The van der Waals surface area contributed by atoms with E-state index in [4.69, 9.17) is 4.74 Å². The van der Waals surface area contributed by atoms with Gasteiger partial charge in [-0.2, -0.15) is 4.31 Å². The van der Waals surface area contributed by atoms with Crippen molar-refractivity contribution in [2.75, 3.05) is 32.6 Å². The summed E-state index contributed by atoms with van der Waals surface area (Å²) in [5.41, 5.74) is 0.822. The van der Waals surface area contributed by atoms with Gasteiger partial charge in [0.05, 0.1) is 12.8 Å². The number of benzene rings is 1. The number of ether oxygens (including phenoxy) is 1. The molecule has 0 aliphatic carbocycles. The second-order valence-electron chi connectivity index (χ2n) is 5.06. The molecule has 0 heterocycles. The van der Waals surface area contributed by atoms with Crippen molar-refractivity contribution in [3.05, 3.63) is 34.3 Å². The molecule has 130 valence electrons. The summed E-state index contributed by atoms with van der Waals surface area (Å²) in [6, 6.07) is 7.32. The molecule has 1 rings (SSSR count). The molecule has 0 atom stereocenters. The minimum atomic E-state index is -3.47. The lowest BCUT2D eigenvalue weighted by molar-refractivity contribution is -0.121. The Balaban J connectivity index is 2.55. The molecule has 8 heteroatoms. The van der Waals surface area contributed by atoms with Crippen LogP contribution in [0.3, 0.4) is 0 Å². The van der Waals surface area contributed by atoms with Gasteiger partial charge in [-0.25, -0.2) is 8.42 Å². The Morgan fingerprint density at radius 1 is 1.30 bits per heavy atom. The van der Waals surface area contributed by atoms with Gasteiger partial charge in [-0.3, -0.25) is 4.79 Å². The fraction of sp³-hybridized carbons (Fsp3) is 0.533. The maximum atomic E-state index is 11.9. The van der Waals surface area contributed by atoms with Crippen molar-refractivity contribution in [3.8, 4) is 0 Å². The molecule has 0 aliphatic heterocycles. The Morgan fingerprint density at radius 2 is 1.96 bits per heavy atom. The second-order valence-corrected chi connectivity index (χ2v) is 7.96. The van der Waals surface area contributed by atoms with Gasteiger partial charge in [0.15, 0.2) is 0 Å². The van der Waals surface area contributed by atoms with Crippen LogP contribution in [0.2, 0.25) is 0 Å². The largest absolute Gasteiger partial charge is 0.382 e. The van der Waals surface area contributed by atoms with Crippen LogP contribution in [0.1, 0.15) is 18.9 Å². The molecule has 23 heavy (non-hydrogen) atoms. The molecule has 0 fully saturated rings. The van der Waals surface area contributed by atoms with E-state index in [1.165, 1.54) is 0 Å². The van der Waals surface area contributed by atoms with Crippen LogP contribution in [0, 0.1) is 0 Å². The summed E-state index contributed by atoms with van der Waals surface area (Å²) in [6.07, 6.45) is 1.80. The number of carbonyl (C=O) groups excluding carboxylic acids is 1. The molecule has 6 nitrogen and oxygen atoms in total. The minimum Gasteiger partial charge on any atom is -0.382 e. The Morgan fingerprint density at radius 3 is 2.52 bits per heavy atom. The van der Waals surface area contributed by atoms with Gasteiger partial charge < -0.3 is 10.1 Å². The van der Waals surface area contributed by atoms with Crippen LogP contribution >= 0.6 is 15.9 Å². The number of rotatable bonds is 10. The summed E-state index contributed by atoms with van der Waals surface area (Å²) in [6.45, 7) is 3.57. The van der Waals surface area contributed by atoms with Gasteiger partial charge in [0.2, 0.25) is 15.9 Å². The van der Waals surface area contributed by atoms with E-state index < -0.39 is 10.0 Å². The van der Waals surface area contributed by atoms with Crippen LogP contribution in [0.25, 0.3) is 0 Å². The number of hydrogen-bond donors (Lipinski definition) is 1. The van der Waals surface area contributed by atoms with Crippen molar-refractivity contribution in [2.24, 2.45) is 0 Å². The van der Waals surface area contributed by atoms with Crippen molar-refractivity contribution in [1.82, 2.24) is 9.62 Å². The summed E-state index contributed by atoms with van der Waals surface area (Å²) in [5, 5.41) is 2.71. The average Bonchev–Trinajstić information content (AvgIpc) is 2.47. The Hall–Kier alpha value is -0.960. The van der Waals surface area contributed by atoms with Crippen LogP contribution in [0.15, 0.2) is 28.7 Å². The first-order chi connectivity index (χ1) is 10.8. The molecule has 1 N–H and O–H groups in total. The normalized spacial score (nSPS) is 11.7. The van der Waals surface area contributed by atoms with E-state index in [9.17, 15) is 13.2 Å². The smallest absolute Gasteiger partial charge is 0.235 e. The number of nitrogens with zero attached hydrogens (tertiary/aromatic N) is 1. The maximum Gasteiger partial charge on any atom is 0.235 e. The molecule has 0 saturated heterocycles. The number of sulfonamides is 1. The van der Waals surface area contributed by atoms with E-state index in [1.807, 2.05) is 31.2 Å². The lowest BCUT2D eigenvalue weighted by Gasteiger charge is -2.19. The van der Waals surface area contributed by atoms with Crippen LogP contribution in [0.5, 0.6) is 0 Å². The number of carbonyl (C=O) groups is 1. The standard InChI is InChI=1S/C15H23BrN2O4S/c1-3-22-10-4-9-17-15(19)12-18(23(2,20)21)11-13-5-7-14(16)8-6-13/h5-8H,3-4,9-12H2,1-2H3,(H,17,19). The van der Waals surface area contributed by atoms with Gasteiger partial charge in [0.25, 0.3) is 0 Å². The highest BCUT2D eigenvalue weighted by Gasteiger charge is 2.20. The second kappa shape index (κ2) is 10.0. The van der Waals surface area contributed by atoms with Crippen molar-refractivity contribution >= 4 is 31.9 Å². The zero-order chi connectivity index (χ0) is 17.3. The van der Waals surface area contributed by atoms with Gasteiger partial charge in [-0.1, -0.05) is 28.1 Å². The van der Waals surface area contributed by atoms with E-state index in [0.717, 1.165) is 20.6 Å². The van der Waals surface area contributed by atoms with Gasteiger partial charge in [-0.15, -0.1) is 0 Å². The quantitative estimate of drug-likeness (QED) is 0.600. The Bertz CT molecular complexity index is 590. The molecular weight excluding hydrogens is 384 g/mol. The number of amides is 1. The van der Waals surface area contributed by atoms with Gasteiger partial charge in [0, 0.05) is 30.8 Å². The zero-order valence-electron chi connectivity index (χ0n) is 13.4. The minimum absolute atomic E-state index is 0.165. The molecule has 0 bridgehead atoms. The van der Waals surface area contributed by atoms with Crippen LogP contribution in [-0.4, -0.2) is 51.2 Å². The van der Waals surface area contributed by atoms with Crippen molar-refractivity contribution in [2.45, 2.75) is 19.9 Å². The van der Waals surface area contributed by atoms with E-state index in [-0.39, 0.29) is 19.0 Å². The third kappa shape index (κ3) is 8.45. The monoisotopic (exact) mass is 406 g/mol. The van der Waals surface area contributed by atoms with E-state index in [1.54, 1.807) is 0 Å². The molecule has 0 aliphatic rings. The van der Waals surface area contributed by atoms with Gasteiger partial charge in [0.1, 0.15) is 0 Å². The van der Waals surface area contributed by atoms with Gasteiger partial charge >= 0.3 is 0 Å². The average molecular weight is 407 g/mol. The highest BCUT2D eigenvalue weighted by atomic mass is 79.9. The first-order valence-electron chi connectivity index (χ1n) is 7.37. The highest BCUT2D eigenvalue weighted by molar-refractivity contribution is 9.10. The van der Waals surface area contributed by atoms with Gasteiger partial charge in [-0.05, 0) is 31.0 Å². The summed E-state index contributed by atoms with van der Waals surface area (Å²) >= 11 is 3.33. The van der Waals surface area contributed by atoms with Crippen LogP contribution in [0.4, 0.5) is 0 Å². The fourth-order valence-electron chi connectivity index (χ4n) is 1.85. The molecule has 0 unspecified atom stereocenters. The van der Waals surface area contributed by atoms with Crippen molar-refractivity contribution in [1.29, 1.82) is 0 Å². The number of hydrogen-bond acceptors (Lipinski definition) is 4. The molecule has 1 aromatic rings. The van der Waals surface area contributed by atoms with Crippen molar-refractivity contribution in [3.63, 3.8) is 0 Å². The third-order valence-electron chi connectivity index (χ3n) is 3.05. The van der Waals surface area contributed by atoms with Crippen LogP contribution < -0.4 is 5.32 Å². The molecule has 1 amide bonds. The summed E-state index contributed by atoms with van der Waals surface area (Å²) in [4.78, 5) is 11.9. The Labute approximate surface area is 146 Å². The lowest BCUT2D eigenvalue weighted by atomic mass is 10.2. The Kier molecular flexibility index (Phi) is 8.75. The van der Waals surface area contributed by atoms with Crippen LogP contribution in [-0.2, 0) is 26.1 Å². The lowest BCUT2D eigenvalue weighted by Crippen LogP contribution is -2.40. The SMILES string of the molecule is CCOCCCNC(=O)CN(Cc1ccc(Br)cc1)S(C)(=O)=O. The number of halogens is 1. The fourth-order valence-corrected chi connectivity index (χ4v) is 2.85. The van der Waals surface area contributed by atoms with E-state index in [2.05, 4.69) is 21.2 Å². The first kappa shape index (κ1) is 20.1. The predicted octanol–water partition coefficient (Wildman–Crippen LogP) is 1.75. The van der Waals surface area contributed by atoms with E-state index >= 15 is 0 Å². The predicted molar refractivity (Wildman–Crippen MR) is 93.5 cm³/mol. The number of nitrogens with one attached hydrogen (secondary N) is 1. The molecule has 0 aromatic heterocycles. The highest BCUT2D eigenvalue weighted by Crippen LogP contribution is 2.13. The summed E-state index contributed by atoms with van der Waals surface area (Å²) in [5.74, 6) is -0.316. The molecular formula is C15H23BrN2O4S. The zero-order valence-corrected chi connectivity index (χ0v) is 15.8. The van der Waals surface area contributed by atoms with E-state index in [0.29, 0.717) is 26.2 Å². The van der Waals surface area contributed by atoms with Crippen molar-refractivity contribution < 1.29 is 17.9 Å². The first-order valence-corrected chi connectivity index (χ1v) is 10.0. The third-order valence-corrected chi connectivity index (χ3v) is 4.78. The molecule has 0 saturated carbocycles. The summed E-state index contributed by atoms with van der Waals surface area (Å²) < 4.78 is 31.0. The molecule has 0 radical (unpaired) electrons. The topological polar surface area (TPSA) is 75.7 Å². The molecule has 1 aromatic carbocycles. The molecule has 0 spiro atoms. The summed E-state index contributed by atoms with van der Waals surface area (Å²) in [7, 11) is -3.47. The maximum absolute atomic E-state index is 11.9.